The van der Waals surface area contributed by atoms with Crippen LogP contribution in [0.2, 0.25) is 0 Å². The first-order valence-electron chi connectivity index (χ1n) is 9.35. The third-order valence-electron chi connectivity index (χ3n) is 5.38. The Labute approximate surface area is 164 Å². The van der Waals surface area contributed by atoms with Crippen LogP contribution in [-0.2, 0) is 5.41 Å². The molecule has 5 heteroatoms. The maximum atomic E-state index is 12.2. The second-order valence-electron chi connectivity index (χ2n) is 7.74. The fourth-order valence-electron chi connectivity index (χ4n) is 3.78. The van der Waals surface area contributed by atoms with Gasteiger partial charge in [-0.05, 0) is 34.9 Å². The van der Waals surface area contributed by atoms with E-state index in [0.29, 0.717) is 6.54 Å². The Balaban J connectivity index is 1.87. The van der Waals surface area contributed by atoms with E-state index in [1.807, 2.05) is 43.9 Å². The van der Waals surface area contributed by atoms with E-state index in [9.17, 15) is 4.79 Å². The minimum Gasteiger partial charge on any atom is -0.393 e. The molecule has 0 saturated carbocycles. The van der Waals surface area contributed by atoms with Crippen molar-refractivity contribution in [2.45, 2.75) is 19.3 Å². The minimum atomic E-state index is -0.111. The second kappa shape index (κ2) is 6.68. The van der Waals surface area contributed by atoms with Crippen LogP contribution in [0.4, 0.5) is 0 Å². The van der Waals surface area contributed by atoms with Crippen LogP contribution in [0.15, 0.2) is 55.5 Å². The normalized spacial score (nSPS) is 15.8. The molecule has 0 aliphatic carbocycles. The summed E-state index contributed by atoms with van der Waals surface area (Å²) in [6.45, 7) is 8.84. The van der Waals surface area contributed by atoms with Gasteiger partial charge in [0.25, 0.3) is 5.91 Å². The number of aromatic nitrogens is 2. The van der Waals surface area contributed by atoms with Crippen molar-refractivity contribution in [3.05, 3.63) is 72.2 Å². The molecular formula is C23H24N4O. The summed E-state index contributed by atoms with van der Waals surface area (Å²) in [4.78, 5) is 20.1. The number of fused-ring (bicyclic) bond motifs is 2. The maximum Gasteiger partial charge on any atom is 0.251 e. The van der Waals surface area contributed by atoms with Crippen LogP contribution in [0.5, 0.6) is 0 Å². The molecule has 5 nitrogen and oxygen atoms in total. The van der Waals surface area contributed by atoms with Gasteiger partial charge < -0.3 is 15.6 Å². The molecule has 2 aromatic heterocycles. The summed E-state index contributed by atoms with van der Waals surface area (Å²) in [6.07, 6.45) is 7.54. The van der Waals surface area contributed by atoms with Crippen molar-refractivity contribution >= 4 is 22.5 Å². The van der Waals surface area contributed by atoms with Gasteiger partial charge in [0.05, 0.1) is 0 Å². The number of nitrogens with zero attached hydrogens (tertiary/aromatic N) is 1. The minimum absolute atomic E-state index is 0.00316. The van der Waals surface area contributed by atoms with E-state index in [0.717, 1.165) is 44.4 Å². The van der Waals surface area contributed by atoms with Crippen molar-refractivity contribution in [3.8, 4) is 11.1 Å². The van der Waals surface area contributed by atoms with Gasteiger partial charge in [-0.25, -0.2) is 4.98 Å². The Morgan fingerprint density at radius 1 is 1.29 bits per heavy atom. The zero-order valence-corrected chi connectivity index (χ0v) is 16.4. The van der Waals surface area contributed by atoms with Gasteiger partial charge in [-0.2, -0.15) is 0 Å². The van der Waals surface area contributed by atoms with Crippen LogP contribution in [0.3, 0.4) is 0 Å². The molecule has 3 N–H and O–H groups in total. The van der Waals surface area contributed by atoms with Crippen molar-refractivity contribution in [1.82, 2.24) is 20.6 Å². The van der Waals surface area contributed by atoms with Gasteiger partial charge in [0.2, 0.25) is 0 Å². The number of aromatic amines is 1. The third-order valence-corrected chi connectivity index (χ3v) is 5.38. The molecule has 28 heavy (non-hydrogen) atoms. The van der Waals surface area contributed by atoms with E-state index in [4.69, 9.17) is 0 Å². The molecule has 1 aromatic carbocycles. The van der Waals surface area contributed by atoms with Gasteiger partial charge in [0.1, 0.15) is 5.65 Å². The van der Waals surface area contributed by atoms with E-state index < -0.39 is 0 Å². The summed E-state index contributed by atoms with van der Waals surface area (Å²) in [5, 5.41) is 7.06. The van der Waals surface area contributed by atoms with E-state index in [-0.39, 0.29) is 11.3 Å². The molecule has 4 rings (SSSR count). The number of carbonyl (C=O) groups is 1. The predicted molar refractivity (Wildman–Crippen MR) is 114 cm³/mol. The van der Waals surface area contributed by atoms with E-state index >= 15 is 0 Å². The molecule has 0 unspecified atom stereocenters. The topological polar surface area (TPSA) is 69.8 Å². The molecule has 0 spiro atoms. The monoisotopic (exact) mass is 372 g/mol. The Morgan fingerprint density at radius 2 is 2.11 bits per heavy atom. The lowest BCUT2D eigenvalue weighted by molar-refractivity contribution is 0.0930. The van der Waals surface area contributed by atoms with Crippen LogP contribution in [0.25, 0.3) is 27.7 Å². The summed E-state index contributed by atoms with van der Waals surface area (Å²) >= 11 is 0. The van der Waals surface area contributed by atoms with Gasteiger partial charge in [-0.1, -0.05) is 32.6 Å². The molecule has 1 amide bonds. The van der Waals surface area contributed by atoms with Gasteiger partial charge in [0.15, 0.2) is 0 Å². The molecule has 1 aliphatic heterocycles. The number of H-pyrrole nitrogens is 1. The van der Waals surface area contributed by atoms with E-state index in [1.54, 1.807) is 0 Å². The van der Waals surface area contributed by atoms with Crippen LogP contribution in [0, 0.1) is 0 Å². The molecule has 0 radical (unpaired) electrons. The predicted octanol–water partition coefficient (Wildman–Crippen LogP) is 4.00. The van der Waals surface area contributed by atoms with Crippen LogP contribution in [0.1, 0.15) is 35.3 Å². The van der Waals surface area contributed by atoms with Crippen LogP contribution in [-0.4, -0.2) is 29.5 Å². The fraction of sp³-hybridized carbons (Fsp3) is 0.217. The van der Waals surface area contributed by atoms with Crippen molar-refractivity contribution in [1.29, 1.82) is 0 Å². The second-order valence-corrected chi connectivity index (χ2v) is 7.74. The lowest BCUT2D eigenvalue weighted by Gasteiger charge is -2.32. The average Bonchev–Trinajstić information content (AvgIpc) is 3.12. The highest BCUT2D eigenvalue weighted by atomic mass is 16.1. The summed E-state index contributed by atoms with van der Waals surface area (Å²) < 4.78 is 0. The van der Waals surface area contributed by atoms with Gasteiger partial charge in [-0.15, -0.1) is 0 Å². The maximum absolute atomic E-state index is 12.2. The molecule has 0 bridgehead atoms. The third kappa shape index (κ3) is 2.89. The van der Waals surface area contributed by atoms with E-state index in [1.165, 1.54) is 0 Å². The van der Waals surface area contributed by atoms with Crippen molar-refractivity contribution in [3.63, 3.8) is 0 Å². The summed E-state index contributed by atoms with van der Waals surface area (Å²) in [6, 6.07) is 8.19. The number of amides is 1. The highest BCUT2D eigenvalue weighted by molar-refractivity contribution is 6.00. The first kappa shape index (κ1) is 18.0. The lowest BCUT2D eigenvalue weighted by Crippen LogP contribution is -2.43. The van der Waals surface area contributed by atoms with Gasteiger partial charge in [-0.3, -0.25) is 4.79 Å². The van der Waals surface area contributed by atoms with Crippen molar-refractivity contribution in [2.75, 3.05) is 13.6 Å². The molecular weight excluding hydrogens is 348 g/mol. The summed E-state index contributed by atoms with van der Waals surface area (Å²) in [5.74, 6) is -0.00316. The number of pyridine rings is 1. The quantitative estimate of drug-likeness (QED) is 0.606. The number of hydrogen-bond acceptors (Lipinski definition) is 3. The molecule has 0 saturated heterocycles. The largest absolute Gasteiger partial charge is 0.393 e. The molecule has 0 fully saturated rings. The number of hydrogen-bond donors (Lipinski definition) is 3. The fourth-order valence-corrected chi connectivity index (χ4v) is 3.78. The molecule has 3 heterocycles. The zero-order valence-electron chi connectivity index (χ0n) is 16.4. The van der Waals surface area contributed by atoms with Crippen LogP contribution < -0.4 is 10.6 Å². The number of rotatable bonds is 4. The zero-order chi connectivity index (χ0) is 19.9. The Morgan fingerprint density at radius 3 is 2.86 bits per heavy atom. The van der Waals surface area contributed by atoms with E-state index in [2.05, 4.69) is 53.2 Å². The van der Waals surface area contributed by atoms with Gasteiger partial charge >= 0.3 is 0 Å². The summed E-state index contributed by atoms with van der Waals surface area (Å²) in [7, 11) is 1.86. The number of carbonyl (C=O) groups excluding carboxylic acids is 1. The molecule has 3 aromatic rings. The number of benzene rings is 1. The van der Waals surface area contributed by atoms with Gasteiger partial charge in [0, 0.05) is 59.7 Å². The number of allylic oxidation sites excluding steroid dienone is 2. The standard InChI is InChI=1S/C23H24N4O/c1-5-14(10-24-4)16-8-18-19(12-26-21(18)25-11-16)15-6-7-17-20(9-15)23(2,3)13-27-22(17)28/h5-12,24H,1,13H2,2-4H3,(H,25,26)(H,27,28)/b14-10+. The Kier molecular flexibility index (Phi) is 4.30. The lowest BCUT2D eigenvalue weighted by atomic mass is 9.78. The van der Waals surface area contributed by atoms with Crippen molar-refractivity contribution in [2.24, 2.45) is 0 Å². The number of nitrogens with one attached hydrogen (secondary N) is 3. The molecule has 0 atom stereocenters. The van der Waals surface area contributed by atoms with Crippen LogP contribution >= 0.6 is 0 Å². The summed E-state index contributed by atoms with van der Waals surface area (Å²) in [5.41, 5.74) is 6.68. The average molecular weight is 372 g/mol. The Bertz CT molecular complexity index is 1120. The molecule has 142 valence electrons. The first-order valence-corrected chi connectivity index (χ1v) is 9.35. The smallest absolute Gasteiger partial charge is 0.251 e. The molecule has 1 aliphatic rings. The Hall–Kier alpha value is -3.34. The highest BCUT2D eigenvalue weighted by Gasteiger charge is 2.31. The van der Waals surface area contributed by atoms with Crippen molar-refractivity contribution < 1.29 is 4.79 Å². The first-order chi connectivity index (χ1) is 13.4. The highest BCUT2D eigenvalue weighted by Crippen LogP contribution is 2.36. The SMILES string of the molecule is C=C/C(=C\NC)c1cnc2[nH]cc(-c3ccc4c(c3)C(C)(C)CNC4=O)c2c1.